The Labute approximate surface area is 108 Å². The van der Waals surface area contributed by atoms with Crippen LogP contribution in [-0.2, 0) is 4.79 Å². The molecule has 1 rings (SSSR count). The van der Waals surface area contributed by atoms with Gasteiger partial charge in [0.2, 0.25) is 0 Å². The fourth-order valence-electron chi connectivity index (χ4n) is 1.33. The van der Waals surface area contributed by atoms with Crippen LogP contribution in [0.2, 0.25) is 0 Å². The number of hydrogen-bond acceptors (Lipinski definition) is 4. The first-order valence-corrected chi connectivity index (χ1v) is 5.39. The van der Waals surface area contributed by atoms with Crippen molar-refractivity contribution in [1.29, 1.82) is 0 Å². The van der Waals surface area contributed by atoms with E-state index in [-0.39, 0.29) is 23.4 Å². The van der Waals surface area contributed by atoms with Gasteiger partial charge in [-0.05, 0) is 18.2 Å². The second kappa shape index (κ2) is 5.85. The van der Waals surface area contributed by atoms with E-state index in [1.807, 2.05) is 0 Å². The average molecular weight is 267 g/mol. The van der Waals surface area contributed by atoms with Gasteiger partial charge in [-0.15, -0.1) is 0 Å². The van der Waals surface area contributed by atoms with Crippen molar-refractivity contribution in [2.24, 2.45) is 5.92 Å². The molecule has 0 amide bonds. The lowest BCUT2D eigenvalue weighted by Crippen LogP contribution is -2.20. The highest BCUT2D eigenvalue weighted by Crippen LogP contribution is 2.16. The number of aromatic carboxylic acids is 2. The zero-order valence-electron chi connectivity index (χ0n) is 10.1. The highest BCUT2D eigenvalue weighted by Gasteiger charge is 2.13. The standard InChI is InChI=1S/C12H13NO6/c1-6(10(14)15)5-13-9-3-7(11(16)17)2-8(4-9)12(18)19/h2-4,6,13H,5H2,1H3,(H,14,15)(H,16,17)(H,18,19). The van der Waals surface area contributed by atoms with Crippen molar-refractivity contribution in [1.82, 2.24) is 0 Å². The van der Waals surface area contributed by atoms with Crippen molar-refractivity contribution in [2.75, 3.05) is 11.9 Å². The molecule has 0 spiro atoms. The van der Waals surface area contributed by atoms with Crippen molar-refractivity contribution in [2.45, 2.75) is 6.92 Å². The molecule has 1 atom stereocenters. The third-order valence-electron chi connectivity index (χ3n) is 2.46. The molecule has 7 heteroatoms. The summed E-state index contributed by atoms with van der Waals surface area (Å²) in [5, 5.41) is 29.2. The molecular formula is C12H13NO6. The summed E-state index contributed by atoms with van der Waals surface area (Å²) >= 11 is 0. The van der Waals surface area contributed by atoms with E-state index in [9.17, 15) is 14.4 Å². The molecule has 0 heterocycles. The Kier molecular flexibility index (Phi) is 4.46. The molecule has 0 aliphatic heterocycles. The van der Waals surface area contributed by atoms with E-state index in [2.05, 4.69) is 5.32 Å². The Balaban J connectivity index is 2.97. The number of benzene rings is 1. The van der Waals surface area contributed by atoms with E-state index in [4.69, 9.17) is 15.3 Å². The van der Waals surface area contributed by atoms with Crippen LogP contribution >= 0.6 is 0 Å². The summed E-state index contributed by atoms with van der Waals surface area (Å²) < 4.78 is 0. The van der Waals surface area contributed by atoms with Gasteiger partial charge < -0.3 is 20.6 Å². The SMILES string of the molecule is CC(CNc1cc(C(=O)O)cc(C(=O)O)c1)C(=O)O. The quantitative estimate of drug-likeness (QED) is 0.610. The molecule has 0 aliphatic carbocycles. The van der Waals surface area contributed by atoms with Crippen LogP contribution in [0.1, 0.15) is 27.6 Å². The maximum atomic E-state index is 10.9. The van der Waals surface area contributed by atoms with Crippen molar-refractivity contribution in [3.63, 3.8) is 0 Å². The molecule has 19 heavy (non-hydrogen) atoms. The van der Waals surface area contributed by atoms with Crippen LogP contribution in [0.5, 0.6) is 0 Å². The minimum Gasteiger partial charge on any atom is -0.481 e. The van der Waals surface area contributed by atoms with Crippen molar-refractivity contribution < 1.29 is 29.7 Å². The molecule has 0 fully saturated rings. The molecule has 1 aromatic rings. The Morgan fingerprint density at radius 3 is 1.89 bits per heavy atom. The number of nitrogens with one attached hydrogen (secondary N) is 1. The first-order valence-electron chi connectivity index (χ1n) is 5.39. The lowest BCUT2D eigenvalue weighted by molar-refractivity contribution is -0.140. The van der Waals surface area contributed by atoms with E-state index in [0.717, 1.165) is 6.07 Å². The van der Waals surface area contributed by atoms with E-state index in [1.165, 1.54) is 19.1 Å². The molecule has 0 bridgehead atoms. The van der Waals surface area contributed by atoms with E-state index in [1.54, 1.807) is 0 Å². The molecule has 1 aromatic carbocycles. The van der Waals surface area contributed by atoms with Crippen LogP contribution in [0.4, 0.5) is 5.69 Å². The first-order chi connectivity index (χ1) is 8.81. The van der Waals surface area contributed by atoms with Crippen LogP contribution in [0, 0.1) is 5.92 Å². The Morgan fingerprint density at radius 1 is 1.05 bits per heavy atom. The zero-order chi connectivity index (χ0) is 14.6. The predicted molar refractivity (Wildman–Crippen MR) is 65.7 cm³/mol. The van der Waals surface area contributed by atoms with Crippen LogP contribution in [-0.4, -0.2) is 39.8 Å². The van der Waals surface area contributed by atoms with E-state index < -0.39 is 23.8 Å². The van der Waals surface area contributed by atoms with E-state index in [0.29, 0.717) is 0 Å². The number of carboxylic acids is 3. The minimum atomic E-state index is -1.25. The molecule has 102 valence electrons. The van der Waals surface area contributed by atoms with Gasteiger partial charge in [-0.2, -0.15) is 0 Å². The fourth-order valence-corrected chi connectivity index (χ4v) is 1.33. The van der Waals surface area contributed by atoms with Crippen LogP contribution < -0.4 is 5.32 Å². The maximum Gasteiger partial charge on any atom is 0.335 e. The number of aliphatic carboxylic acids is 1. The van der Waals surface area contributed by atoms with Gasteiger partial charge in [0.05, 0.1) is 17.0 Å². The normalized spacial score (nSPS) is 11.6. The second-order valence-corrected chi connectivity index (χ2v) is 4.03. The third-order valence-corrected chi connectivity index (χ3v) is 2.46. The lowest BCUT2D eigenvalue weighted by atomic mass is 10.1. The van der Waals surface area contributed by atoms with Gasteiger partial charge in [0.15, 0.2) is 0 Å². The van der Waals surface area contributed by atoms with Gasteiger partial charge in [-0.25, -0.2) is 9.59 Å². The van der Waals surface area contributed by atoms with Gasteiger partial charge in [-0.1, -0.05) is 6.92 Å². The van der Waals surface area contributed by atoms with Crippen molar-refractivity contribution >= 4 is 23.6 Å². The Morgan fingerprint density at radius 2 is 1.53 bits per heavy atom. The lowest BCUT2D eigenvalue weighted by Gasteiger charge is -2.11. The fraction of sp³-hybridized carbons (Fsp3) is 0.250. The first kappa shape index (κ1) is 14.5. The third kappa shape index (κ3) is 3.98. The number of hydrogen-bond donors (Lipinski definition) is 4. The number of carboxylic acid groups (broad SMARTS) is 3. The monoisotopic (exact) mass is 267 g/mol. The highest BCUT2D eigenvalue weighted by molar-refractivity contribution is 5.95. The van der Waals surface area contributed by atoms with Crippen molar-refractivity contribution in [3.05, 3.63) is 29.3 Å². The van der Waals surface area contributed by atoms with Crippen LogP contribution in [0.25, 0.3) is 0 Å². The Hall–Kier alpha value is -2.57. The van der Waals surface area contributed by atoms with Crippen LogP contribution in [0.3, 0.4) is 0 Å². The number of carbonyl (C=O) groups is 3. The average Bonchev–Trinajstić information content (AvgIpc) is 2.35. The smallest absolute Gasteiger partial charge is 0.335 e. The van der Waals surface area contributed by atoms with Gasteiger partial charge in [0.1, 0.15) is 0 Å². The Bertz CT molecular complexity index is 493. The molecule has 0 radical (unpaired) electrons. The minimum absolute atomic E-state index is 0.0669. The van der Waals surface area contributed by atoms with Gasteiger partial charge in [-0.3, -0.25) is 4.79 Å². The number of rotatable bonds is 6. The zero-order valence-corrected chi connectivity index (χ0v) is 10.1. The predicted octanol–water partition coefficient (Wildman–Crippen LogP) is 1.22. The van der Waals surface area contributed by atoms with Crippen LogP contribution in [0.15, 0.2) is 18.2 Å². The molecule has 1 unspecified atom stereocenters. The topological polar surface area (TPSA) is 124 Å². The van der Waals surface area contributed by atoms with Gasteiger partial charge in [0.25, 0.3) is 0 Å². The molecule has 4 N–H and O–H groups in total. The molecule has 0 aliphatic rings. The molecule has 7 nitrogen and oxygen atoms in total. The summed E-state index contributed by atoms with van der Waals surface area (Å²) in [6.07, 6.45) is 0. The molecule has 0 saturated carbocycles. The van der Waals surface area contributed by atoms with Crippen molar-refractivity contribution in [3.8, 4) is 0 Å². The second-order valence-electron chi connectivity index (χ2n) is 4.03. The summed E-state index contributed by atoms with van der Waals surface area (Å²) in [6, 6.07) is 3.54. The molecule has 0 saturated heterocycles. The maximum absolute atomic E-state index is 10.9. The summed E-state index contributed by atoms with van der Waals surface area (Å²) in [5.41, 5.74) is -0.0962. The summed E-state index contributed by atoms with van der Waals surface area (Å²) in [7, 11) is 0. The highest BCUT2D eigenvalue weighted by atomic mass is 16.4. The van der Waals surface area contributed by atoms with E-state index >= 15 is 0 Å². The summed E-state index contributed by atoms with van der Waals surface area (Å²) in [4.78, 5) is 32.4. The molecular weight excluding hydrogens is 254 g/mol. The number of anilines is 1. The summed E-state index contributed by atoms with van der Waals surface area (Å²) in [5.74, 6) is -4.18. The van der Waals surface area contributed by atoms with Gasteiger partial charge >= 0.3 is 17.9 Å². The van der Waals surface area contributed by atoms with Gasteiger partial charge in [0, 0.05) is 12.2 Å². The summed E-state index contributed by atoms with van der Waals surface area (Å²) in [6.45, 7) is 1.55. The largest absolute Gasteiger partial charge is 0.481 e. The molecule has 0 aromatic heterocycles.